The first-order valence-electron chi connectivity index (χ1n) is 14.5. The van der Waals surface area contributed by atoms with E-state index in [2.05, 4.69) is 13.8 Å². The number of ether oxygens (including phenoxy) is 1. The van der Waals surface area contributed by atoms with Crippen LogP contribution in [0, 0.1) is 0 Å². The highest BCUT2D eigenvalue weighted by Crippen LogP contribution is 2.17. The number of unbranched alkanes of at least 4 members (excludes halogenated alkanes) is 17. The van der Waals surface area contributed by atoms with Gasteiger partial charge in [-0.15, -0.1) is 0 Å². The number of carbonyl (C=O) groups excluding carboxylic acids is 1. The van der Waals surface area contributed by atoms with Gasteiger partial charge in [0.05, 0.1) is 0 Å². The van der Waals surface area contributed by atoms with E-state index in [1.165, 1.54) is 64.2 Å². The third kappa shape index (κ3) is 25.4. The van der Waals surface area contributed by atoms with Crippen molar-refractivity contribution in [2.24, 2.45) is 0 Å². The summed E-state index contributed by atoms with van der Waals surface area (Å²) in [5.74, 6) is -0.698. The predicted octanol–water partition coefficient (Wildman–Crippen LogP) is 9.39. The van der Waals surface area contributed by atoms with Crippen LogP contribution in [0.1, 0.15) is 168 Å². The minimum atomic E-state index is -0.695. The third-order valence-corrected chi connectivity index (χ3v) is 6.58. The number of carboxylic acid groups (broad SMARTS) is 1. The molecule has 0 aromatic rings. The maximum atomic E-state index is 12.3. The van der Waals surface area contributed by atoms with E-state index in [-0.39, 0.29) is 18.5 Å². The number of rotatable bonds is 26. The van der Waals surface area contributed by atoms with E-state index in [1.807, 2.05) is 0 Å². The molecule has 0 aliphatic heterocycles. The predicted molar refractivity (Wildman–Crippen MR) is 140 cm³/mol. The molecule has 0 aliphatic carbocycles. The average Bonchev–Trinajstić information content (AvgIpc) is 2.79. The topological polar surface area (TPSA) is 63.6 Å². The molecule has 0 saturated heterocycles. The molecule has 0 spiro atoms. The number of hydrogen-bond donors (Lipinski definition) is 1. The molecule has 0 fully saturated rings. The Kier molecular flexibility index (Phi) is 24.7. The van der Waals surface area contributed by atoms with Crippen molar-refractivity contribution in [2.45, 2.75) is 174 Å². The first-order valence-corrected chi connectivity index (χ1v) is 14.5. The van der Waals surface area contributed by atoms with Gasteiger partial charge in [0.2, 0.25) is 0 Å². The normalized spacial score (nSPS) is 12.1. The fourth-order valence-electron chi connectivity index (χ4n) is 4.40. The highest BCUT2D eigenvalue weighted by molar-refractivity contribution is 5.69. The molecule has 196 valence electrons. The van der Waals surface area contributed by atoms with Gasteiger partial charge < -0.3 is 9.84 Å². The molecule has 0 radical (unpaired) electrons. The summed E-state index contributed by atoms with van der Waals surface area (Å²) in [5.41, 5.74) is 0. The van der Waals surface area contributed by atoms with Gasteiger partial charge in [-0.25, -0.2) is 0 Å². The SMILES string of the molecule is CCCCCCCCCCCCCCC(=O)OC(CCCC)CCCCCCCCC(=O)O. The van der Waals surface area contributed by atoms with E-state index in [0.717, 1.165) is 77.0 Å². The number of carboxylic acids is 1. The van der Waals surface area contributed by atoms with Crippen LogP contribution < -0.4 is 0 Å². The lowest BCUT2D eigenvalue weighted by molar-refractivity contribution is -0.150. The maximum Gasteiger partial charge on any atom is 0.306 e. The minimum Gasteiger partial charge on any atom is -0.481 e. The van der Waals surface area contributed by atoms with Crippen LogP contribution in [0.4, 0.5) is 0 Å². The fraction of sp³-hybridized carbons (Fsp3) is 0.931. The second kappa shape index (κ2) is 25.6. The van der Waals surface area contributed by atoms with Gasteiger partial charge in [0.25, 0.3) is 0 Å². The zero-order valence-corrected chi connectivity index (χ0v) is 22.2. The zero-order chi connectivity index (χ0) is 24.4. The summed E-state index contributed by atoms with van der Waals surface area (Å²) in [7, 11) is 0. The summed E-state index contributed by atoms with van der Waals surface area (Å²) in [6.07, 6.45) is 27.1. The van der Waals surface area contributed by atoms with Gasteiger partial charge in [-0.2, -0.15) is 0 Å². The van der Waals surface area contributed by atoms with Crippen molar-refractivity contribution in [2.75, 3.05) is 0 Å². The molecule has 1 unspecified atom stereocenters. The summed E-state index contributed by atoms with van der Waals surface area (Å²) >= 11 is 0. The molecular weight excluding hydrogens is 412 g/mol. The number of esters is 1. The van der Waals surface area contributed by atoms with Crippen molar-refractivity contribution < 1.29 is 19.4 Å². The van der Waals surface area contributed by atoms with Gasteiger partial charge >= 0.3 is 11.9 Å². The summed E-state index contributed by atoms with van der Waals surface area (Å²) in [5, 5.41) is 8.67. The van der Waals surface area contributed by atoms with Crippen molar-refractivity contribution in [1.29, 1.82) is 0 Å². The lowest BCUT2D eigenvalue weighted by atomic mass is 10.0. The van der Waals surface area contributed by atoms with Crippen molar-refractivity contribution in [3.63, 3.8) is 0 Å². The van der Waals surface area contributed by atoms with Crippen molar-refractivity contribution in [3.8, 4) is 0 Å². The zero-order valence-electron chi connectivity index (χ0n) is 22.2. The number of aliphatic carboxylic acids is 1. The Morgan fingerprint density at radius 3 is 1.42 bits per heavy atom. The van der Waals surface area contributed by atoms with Crippen LogP contribution in [-0.4, -0.2) is 23.1 Å². The van der Waals surface area contributed by atoms with Gasteiger partial charge in [0.1, 0.15) is 6.10 Å². The monoisotopic (exact) mass is 468 g/mol. The molecule has 1 atom stereocenters. The van der Waals surface area contributed by atoms with Crippen LogP contribution in [0.5, 0.6) is 0 Å². The fourth-order valence-corrected chi connectivity index (χ4v) is 4.40. The lowest BCUT2D eigenvalue weighted by Gasteiger charge is -2.18. The van der Waals surface area contributed by atoms with Crippen molar-refractivity contribution >= 4 is 11.9 Å². The van der Waals surface area contributed by atoms with E-state index in [1.54, 1.807) is 0 Å². The van der Waals surface area contributed by atoms with Crippen LogP contribution in [0.3, 0.4) is 0 Å². The standard InChI is InChI=1S/C29H56O4/c1-3-5-7-8-9-10-11-12-13-14-19-22-26-29(32)33-27(23-6-4-2)24-20-17-15-16-18-21-25-28(30)31/h27H,3-26H2,1-2H3,(H,30,31). The van der Waals surface area contributed by atoms with Crippen molar-refractivity contribution in [1.82, 2.24) is 0 Å². The molecule has 0 rings (SSSR count). The Morgan fingerprint density at radius 1 is 0.545 bits per heavy atom. The smallest absolute Gasteiger partial charge is 0.306 e. The Hall–Kier alpha value is -1.06. The molecule has 0 heterocycles. The molecule has 33 heavy (non-hydrogen) atoms. The summed E-state index contributed by atoms with van der Waals surface area (Å²) in [6, 6.07) is 0. The molecule has 0 amide bonds. The molecule has 0 aromatic heterocycles. The van der Waals surface area contributed by atoms with Crippen LogP contribution in [0.25, 0.3) is 0 Å². The Balaban J connectivity index is 3.68. The maximum absolute atomic E-state index is 12.3. The third-order valence-electron chi connectivity index (χ3n) is 6.58. The van der Waals surface area contributed by atoms with Crippen LogP contribution in [-0.2, 0) is 14.3 Å². The molecule has 0 saturated carbocycles. The van der Waals surface area contributed by atoms with E-state index in [9.17, 15) is 9.59 Å². The van der Waals surface area contributed by atoms with E-state index >= 15 is 0 Å². The second-order valence-corrected chi connectivity index (χ2v) is 9.95. The lowest BCUT2D eigenvalue weighted by Crippen LogP contribution is -2.18. The number of hydrogen-bond acceptors (Lipinski definition) is 3. The highest BCUT2D eigenvalue weighted by Gasteiger charge is 2.13. The summed E-state index contributed by atoms with van der Waals surface area (Å²) in [6.45, 7) is 4.45. The quantitative estimate of drug-likeness (QED) is 0.101. The Bertz CT molecular complexity index is 435. The van der Waals surface area contributed by atoms with Gasteiger partial charge in [0, 0.05) is 12.8 Å². The van der Waals surface area contributed by atoms with Gasteiger partial charge in [0.15, 0.2) is 0 Å². The minimum absolute atomic E-state index is 0.00291. The second-order valence-electron chi connectivity index (χ2n) is 9.95. The largest absolute Gasteiger partial charge is 0.481 e. The van der Waals surface area contributed by atoms with Gasteiger partial charge in [-0.1, -0.05) is 123 Å². The molecular formula is C29H56O4. The average molecular weight is 469 g/mol. The van der Waals surface area contributed by atoms with Gasteiger partial charge in [-0.05, 0) is 32.1 Å². The van der Waals surface area contributed by atoms with Crippen LogP contribution >= 0.6 is 0 Å². The van der Waals surface area contributed by atoms with Crippen molar-refractivity contribution in [3.05, 3.63) is 0 Å². The molecule has 0 bridgehead atoms. The van der Waals surface area contributed by atoms with E-state index in [0.29, 0.717) is 6.42 Å². The number of carbonyl (C=O) groups is 2. The first kappa shape index (κ1) is 31.9. The Morgan fingerprint density at radius 2 is 0.939 bits per heavy atom. The molecule has 4 nitrogen and oxygen atoms in total. The van der Waals surface area contributed by atoms with E-state index < -0.39 is 5.97 Å². The summed E-state index contributed by atoms with van der Waals surface area (Å²) in [4.78, 5) is 22.8. The summed E-state index contributed by atoms with van der Waals surface area (Å²) < 4.78 is 5.82. The Labute approximate surface area is 205 Å². The molecule has 0 aromatic carbocycles. The van der Waals surface area contributed by atoms with E-state index in [4.69, 9.17) is 9.84 Å². The molecule has 4 heteroatoms. The van der Waals surface area contributed by atoms with Crippen LogP contribution in [0.15, 0.2) is 0 Å². The van der Waals surface area contributed by atoms with Crippen LogP contribution in [0.2, 0.25) is 0 Å². The first-order chi connectivity index (χ1) is 16.1. The van der Waals surface area contributed by atoms with Gasteiger partial charge in [-0.3, -0.25) is 9.59 Å². The molecule has 1 N–H and O–H groups in total. The highest BCUT2D eigenvalue weighted by atomic mass is 16.5. The molecule has 0 aliphatic rings.